The van der Waals surface area contributed by atoms with Crippen LogP contribution in [0.4, 0.5) is 4.39 Å². The lowest BCUT2D eigenvalue weighted by atomic mass is 10.2. The SMILES string of the molecule is Fc1cccc2c1[nH]c(=S)n2-c1ccc(Cl)c(Br)c1. The summed E-state index contributed by atoms with van der Waals surface area (Å²) >= 11 is 14.6. The highest BCUT2D eigenvalue weighted by Gasteiger charge is 2.10. The first-order valence-corrected chi connectivity index (χ1v) is 7.00. The molecule has 1 aromatic heterocycles. The normalized spacial score (nSPS) is 11.1. The Kier molecular flexibility index (Phi) is 3.20. The predicted octanol–water partition coefficient (Wildman–Crippen LogP) is 5.24. The van der Waals surface area contributed by atoms with Gasteiger partial charge < -0.3 is 4.98 Å². The largest absolute Gasteiger partial charge is 0.328 e. The Bertz CT molecular complexity index is 840. The van der Waals surface area contributed by atoms with Crippen LogP contribution in [0.2, 0.25) is 5.02 Å². The van der Waals surface area contributed by atoms with Crippen LogP contribution in [0.15, 0.2) is 40.9 Å². The number of rotatable bonds is 1. The molecule has 6 heteroatoms. The molecule has 0 aliphatic heterocycles. The van der Waals surface area contributed by atoms with Gasteiger partial charge in [0.1, 0.15) is 11.3 Å². The second kappa shape index (κ2) is 4.74. The maximum atomic E-state index is 13.7. The summed E-state index contributed by atoms with van der Waals surface area (Å²) in [6, 6.07) is 10.3. The van der Waals surface area contributed by atoms with Crippen LogP contribution in [0, 0.1) is 10.6 Å². The maximum absolute atomic E-state index is 13.7. The fourth-order valence-corrected chi connectivity index (χ4v) is 2.77. The van der Waals surface area contributed by atoms with Crippen molar-refractivity contribution in [2.24, 2.45) is 0 Å². The number of aromatic nitrogens is 2. The molecule has 19 heavy (non-hydrogen) atoms. The van der Waals surface area contributed by atoms with Crippen LogP contribution in [-0.2, 0) is 0 Å². The van der Waals surface area contributed by atoms with Gasteiger partial charge in [-0.1, -0.05) is 17.7 Å². The van der Waals surface area contributed by atoms with Crippen molar-refractivity contribution in [2.75, 3.05) is 0 Å². The molecule has 1 N–H and O–H groups in total. The van der Waals surface area contributed by atoms with Gasteiger partial charge in [0, 0.05) is 10.2 Å². The van der Waals surface area contributed by atoms with Gasteiger partial charge in [-0.05, 0) is 58.5 Å². The third-order valence-electron chi connectivity index (χ3n) is 2.83. The van der Waals surface area contributed by atoms with Crippen LogP contribution in [0.1, 0.15) is 0 Å². The zero-order valence-electron chi connectivity index (χ0n) is 9.45. The Morgan fingerprint density at radius 2 is 2.05 bits per heavy atom. The van der Waals surface area contributed by atoms with E-state index in [1.807, 2.05) is 18.2 Å². The summed E-state index contributed by atoms with van der Waals surface area (Å²) in [5, 5.41) is 0.612. The average Bonchev–Trinajstić information content (AvgIpc) is 2.71. The van der Waals surface area contributed by atoms with Crippen LogP contribution >= 0.6 is 39.7 Å². The van der Waals surface area contributed by atoms with E-state index in [1.165, 1.54) is 6.07 Å². The summed E-state index contributed by atoms with van der Waals surface area (Å²) in [6.07, 6.45) is 0. The van der Waals surface area contributed by atoms with E-state index in [9.17, 15) is 4.39 Å². The minimum atomic E-state index is -0.324. The first kappa shape index (κ1) is 12.8. The van der Waals surface area contributed by atoms with Gasteiger partial charge in [0.15, 0.2) is 4.77 Å². The number of fused-ring (bicyclic) bond motifs is 1. The molecular formula is C13H7BrClFN2S. The Morgan fingerprint density at radius 3 is 2.79 bits per heavy atom. The highest BCUT2D eigenvalue weighted by Crippen LogP contribution is 2.27. The second-order valence-electron chi connectivity index (χ2n) is 4.00. The number of halogens is 3. The minimum Gasteiger partial charge on any atom is -0.328 e. The molecule has 0 atom stereocenters. The summed E-state index contributed by atoms with van der Waals surface area (Å²) in [6.45, 7) is 0. The monoisotopic (exact) mass is 356 g/mol. The summed E-state index contributed by atoms with van der Waals surface area (Å²) < 4.78 is 16.7. The van der Waals surface area contributed by atoms with Crippen molar-refractivity contribution >= 4 is 50.8 Å². The van der Waals surface area contributed by atoms with Crippen LogP contribution in [0.25, 0.3) is 16.7 Å². The van der Waals surface area contributed by atoms with Crippen molar-refractivity contribution < 1.29 is 4.39 Å². The van der Waals surface area contributed by atoms with Crippen molar-refractivity contribution in [1.82, 2.24) is 9.55 Å². The molecule has 2 nitrogen and oxygen atoms in total. The predicted molar refractivity (Wildman–Crippen MR) is 81.1 cm³/mol. The second-order valence-corrected chi connectivity index (χ2v) is 5.65. The molecule has 3 aromatic rings. The molecular weight excluding hydrogens is 351 g/mol. The van der Waals surface area contributed by atoms with Crippen LogP contribution < -0.4 is 0 Å². The van der Waals surface area contributed by atoms with Crippen molar-refractivity contribution in [3.63, 3.8) is 0 Å². The number of nitrogens with zero attached hydrogens (tertiary/aromatic N) is 1. The van der Waals surface area contributed by atoms with E-state index in [0.29, 0.717) is 20.8 Å². The van der Waals surface area contributed by atoms with Gasteiger partial charge >= 0.3 is 0 Å². The van der Waals surface area contributed by atoms with E-state index in [2.05, 4.69) is 20.9 Å². The van der Waals surface area contributed by atoms with Gasteiger partial charge in [-0.2, -0.15) is 0 Å². The molecule has 0 bridgehead atoms. The standard InChI is InChI=1S/C13H7BrClFN2S/c14-8-6-7(4-5-9(8)15)18-11-3-1-2-10(16)12(11)17-13(18)19/h1-6H,(H,17,19). The van der Waals surface area contributed by atoms with Gasteiger partial charge in [0.2, 0.25) is 0 Å². The lowest BCUT2D eigenvalue weighted by molar-refractivity contribution is 0.637. The Morgan fingerprint density at radius 1 is 1.26 bits per heavy atom. The number of aromatic amines is 1. The van der Waals surface area contributed by atoms with Crippen LogP contribution in [0.5, 0.6) is 0 Å². The fourth-order valence-electron chi connectivity index (χ4n) is 1.98. The van der Waals surface area contributed by atoms with E-state index >= 15 is 0 Å². The molecule has 0 aliphatic rings. The number of hydrogen-bond donors (Lipinski definition) is 1. The highest BCUT2D eigenvalue weighted by atomic mass is 79.9. The molecule has 0 unspecified atom stereocenters. The highest BCUT2D eigenvalue weighted by molar-refractivity contribution is 9.10. The first-order chi connectivity index (χ1) is 9.08. The number of imidazole rings is 1. The van der Waals surface area contributed by atoms with Gasteiger partial charge in [-0.3, -0.25) is 4.57 Å². The quantitative estimate of drug-likeness (QED) is 0.590. The van der Waals surface area contributed by atoms with Gasteiger partial charge in [-0.25, -0.2) is 4.39 Å². The van der Waals surface area contributed by atoms with E-state index in [-0.39, 0.29) is 5.82 Å². The lowest BCUT2D eigenvalue weighted by Crippen LogP contribution is -1.94. The number of benzene rings is 2. The number of H-pyrrole nitrogens is 1. The van der Waals surface area contributed by atoms with E-state index in [1.54, 1.807) is 16.7 Å². The molecule has 0 saturated carbocycles. The molecule has 0 spiro atoms. The Balaban J connectivity index is 2.36. The molecule has 0 amide bonds. The Hall–Kier alpha value is -1.17. The molecule has 0 aliphatic carbocycles. The zero-order valence-corrected chi connectivity index (χ0v) is 12.6. The van der Waals surface area contributed by atoms with Gasteiger partial charge in [0.05, 0.1) is 10.5 Å². The van der Waals surface area contributed by atoms with E-state index < -0.39 is 0 Å². The molecule has 0 fully saturated rings. The van der Waals surface area contributed by atoms with Crippen molar-refractivity contribution in [1.29, 1.82) is 0 Å². The average molecular weight is 358 g/mol. The number of nitrogens with one attached hydrogen (secondary N) is 1. The van der Waals surface area contributed by atoms with Crippen molar-refractivity contribution in [3.8, 4) is 5.69 Å². The summed E-state index contributed by atoms with van der Waals surface area (Å²) in [7, 11) is 0. The van der Waals surface area contributed by atoms with Crippen LogP contribution in [0.3, 0.4) is 0 Å². The number of para-hydroxylation sites is 1. The number of hydrogen-bond acceptors (Lipinski definition) is 1. The fraction of sp³-hybridized carbons (Fsp3) is 0. The molecule has 96 valence electrons. The summed E-state index contributed by atoms with van der Waals surface area (Å²) in [4.78, 5) is 2.88. The lowest BCUT2D eigenvalue weighted by Gasteiger charge is -2.06. The van der Waals surface area contributed by atoms with E-state index in [0.717, 1.165) is 10.2 Å². The smallest absolute Gasteiger partial charge is 0.182 e. The molecule has 0 radical (unpaired) electrons. The molecule has 1 heterocycles. The third-order valence-corrected chi connectivity index (χ3v) is 4.33. The minimum absolute atomic E-state index is 0.324. The van der Waals surface area contributed by atoms with Crippen molar-refractivity contribution in [3.05, 3.63) is 56.5 Å². The van der Waals surface area contributed by atoms with E-state index in [4.69, 9.17) is 23.8 Å². The first-order valence-electron chi connectivity index (χ1n) is 5.42. The van der Waals surface area contributed by atoms with Crippen LogP contribution in [-0.4, -0.2) is 9.55 Å². The van der Waals surface area contributed by atoms with Gasteiger partial charge in [0.25, 0.3) is 0 Å². The summed E-state index contributed by atoms with van der Waals surface area (Å²) in [5.74, 6) is -0.324. The van der Waals surface area contributed by atoms with Gasteiger partial charge in [-0.15, -0.1) is 0 Å². The molecule has 0 saturated heterocycles. The molecule has 2 aromatic carbocycles. The Labute approximate surface area is 127 Å². The maximum Gasteiger partial charge on any atom is 0.182 e. The summed E-state index contributed by atoms with van der Waals surface area (Å²) in [5.41, 5.74) is 1.91. The topological polar surface area (TPSA) is 20.7 Å². The molecule has 3 rings (SSSR count). The zero-order chi connectivity index (χ0) is 13.6. The van der Waals surface area contributed by atoms with Crippen molar-refractivity contribution in [2.45, 2.75) is 0 Å². The third kappa shape index (κ3) is 2.12.